The predicted octanol–water partition coefficient (Wildman–Crippen LogP) is 6.30. The van der Waals surface area contributed by atoms with Crippen LogP contribution in [0.25, 0.3) is 28.7 Å². The molecule has 0 radical (unpaired) electrons. The van der Waals surface area contributed by atoms with Gasteiger partial charge in [-0.05, 0) is 80.3 Å². The molecule has 1 amide bonds. The van der Waals surface area contributed by atoms with Crippen LogP contribution >= 0.6 is 0 Å². The summed E-state index contributed by atoms with van der Waals surface area (Å²) in [5.74, 6) is -0.178. The summed E-state index contributed by atoms with van der Waals surface area (Å²) in [6, 6.07) is 13.9. The second kappa shape index (κ2) is 12.7. The van der Waals surface area contributed by atoms with Crippen molar-refractivity contribution in [2.45, 2.75) is 46.7 Å². The van der Waals surface area contributed by atoms with Gasteiger partial charge in [0, 0.05) is 32.4 Å². The van der Waals surface area contributed by atoms with Crippen LogP contribution in [-0.2, 0) is 19.0 Å². The van der Waals surface area contributed by atoms with Crippen molar-refractivity contribution in [3.8, 4) is 22.6 Å². The lowest BCUT2D eigenvalue weighted by molar-refractivity contribution is -0.137. The number of nitrogens with zero attached hydrogens (tertiary/aromatic N) is 4. The van der Waals surface area contributed by atoms with Crippen LogP contribution in [0.5, 0.6) is 0 Å². The Morgan fingerprint density at radius 1 is 0.977 bits per heavy atom. The average molecular weight is 604 g/mol. The number of carbonyl (C=O) groups excluding carboxylic acids is 1. The molecule has 0 aliphatic carbocycles. The Kier molecular flexibility index (Phi) is 8.92. The van der Waals surface area contributed by atoms with Gasteiger partial charge in [0.15, 0.2) is 0 Å². The van der Waals surface area contributed by atoms with Gasteiger partial charge in [-0.1, -0.05) is 37.6 Å². The van der Waals surface area contributed by atoms with Crippen molar-refractivity contribution in [3.63, 3.8) is 0 Å². The molecule has 1 N–H and O–H groups in total. The number of allylic oxidation sites excluding steroid dienone is 1. The average Bonchev–Trinajstić information content (AvgIpc) is 3.51. The molecule has 1 saturated heterocycles. The third-order valence-electron chi connectivity index (χ3n) is 7.81. The first-order valence-electron chi connectivity index (χ1n) is 14.8. The number of rotatable bonds is 7. The summed E-state index contributed by atoms with van der Waals surface area (Å²) in [7, 11) is 0. The van der Waals surface area contributed by atoms with E-state index in [2.05, 4.69) is 10.4 Å². The first-order valence-corrected chi connectivity index (χ1v) is 14.8. The molecule has 0 unspecified atom stereocenters. The molecule has 10 heteroatoms. The Hall–Kier alpha value is -4.44. The molecule has 0 spiro atoms. The van der Waals surface area contributed by atoms with Crippen LogP contribution in [0.2, 0.25) is 0 Å². The highest BCUT2D eigenvalue weighted by Crippen LogP contribution is 2.31. The summed E-state index contributed by atoms with van der Waals surface area (Å²) in [6.07, 6.45) is 0.384. The molecule has 44 heavy (non-hydrogen) atoms. The molecular formula is C34H36F3N5O2. The van der Waals surface area contributed by atoms with Crippen molar-refractivity contribution in [2.75, 3.05) is 26.2 Å². The molecule has 1 fully saturated rings. The van der Waals surface area contributed by atoms with Gasteiger partial charge in [-0.3, -0.25) is 14.2 Å². The van der Waals surface area contributed by atoms with E-state index in [9.17, 15) is 22.8 Å². The number of aryl methyl sites for hydroxylation is 2. The Bertz CT molecular complexity index is 1730. The van der Waals surface area contributed by atoms with E-state index in [1.807, 2.05) is 52.0 Å². The van der Waals surface area contributed by atoms with Gasteiger partial charge in [-0.25, -0.2) is 4.68 Å². The largest absolute Gasteiger partial charge is 0.416 e. The minimum absolute atomic E-state index is 0.178. The molecular weight excluding hydrogens is 567 g/mol. The molecule has 230 valence electrons. The lowest BCUT2D eigenvalue weighted by Gasteiger charge is -2.29. The van der Waals surface area contributed by atoms with Gasteiger partial charge in [0.25, 0.3) is 11.5 Å². The fourth-order valence-electron chi connectivity index (χ4n) is 5.58. The third kappa shape index (κ3) is 6.12. The van der Waals surface area contributed by atoms with E-state index >= 15 is 0 Å². The second-order valence-corrected chi connectivity index (χ2v) is 11.1. The van der Waals surface area contributed by atoms with E-state index < -0.39 is 11.7 Å². The highest BCUT2D eigenvalue weighted by Gasteiger charge is 2.30. The van der Waals surface area contributed by atoms with E-state index in [4.69, 9.17) is 0 Å². The van der Waals surface area contributed by atoms with Crippen LogP contribution in [0.15, 0.2) is 71.2 Å². The van der Waals surface area contributed by atoms with Crippen LogP contribution in [0, 0.1) is 0 Å². The van der Waals surface area contributed by atoms with Gasteiger partial charge in [0.05, 0.1) is 39.5 Å². The summed E-state index contributed by atoms with van der Waals surface area (Å²) in [6.45, 7) is 10.4. The Morgan fingerprint density at radius 3 is 2.18 bits per heavy atom. The number of aromatic nitrogens is 3. The van der Waals surface area contributed by atoms with Gasteiger partial charge in [-0.2, -0.15) is 18.3 Å². The fourth-order valence-corrected chi connectivity index (χ4v) is 5.58. The fraction of sp³-hybridized carbons (Fsp3) is 0.324. The number of carbonyl (C=O) groups is 1. The molecule has 4 aromatic rings. The summed E-state index contributed by atoms with van der Waals surface area (Å²) in [5.41, 5.74) is 4.40. The molecule has 3 heterocycles. The highest BCUT2D eigenvalue weighted by atomic mass is 19.4. The van der Waals surface area contributed by atoms with Crippen molar-refractivity contribution in [2.24, 2.45) is 0 Å². The maximum Gasteiger partial charge on any atom is 0.416 e. The Morgan fingerprint density at radius 2 is 1.61 bits per heavy atom. The number of piperazine rings is 1. The number of pyridine rings is 1. The molecule has 7 nitrogen and oxygen atoms in total. The van der Waals surface area contributed by atoms with Crippen LogP contribution < -0.4 is 10.9 Å². The lowest BCUT2D eigenvalue weighted by atomic mass is 9.99. The maximum absolute atomic E-state index is 14.6. The summed E-state index contributed by atoms with van der Waals surface area (Å²) in [5, 5.41) is 7.87. The van der Waals surface area contributed by atoms with Crippen molar-refractivity contribution in [1.82, 2.24) is 24.6 Å². The SMILES string of the molecule is CCc1cccc(CC)c1-n1c(C=C(C)C)c(C(=O)N2CCNCC2)cc(-c2ccn(-c3ccc(C(F)(F)F)cc3)n2)c1=O. The molecule has 2 aromatic heterocycles. The number of nitrogens with one attached hydrogen (secondary N) is 1. The van der Waals surface area contributed by atoms with E-state index in [0.29, 0.717) is 61.7 Å². The topological polar surface area (TPSA) is 72.2 Å². The van der Waals surface area contributed by atoms with Crippen LogP contribution in [0.1, 0.15) is 60.4 Å². The minimum atomic E-state index is -4.45. The van der Waals surface area contributed by atoms with Crippen LogP contribution in [-0.4, -0.2) is 51.3 Å². The maximum atomic E-state index is 14.6. The Labute approximate surface area is 254 Å². The zero-order chi connectivity index (χ0) is 31.6. The summed E-state index contributed by atoms with van der Waals surface area (Å²) in [4.78, 5) is 30.5. The predicted molar refractivity (Wildman–Crippen MR) is 166 cm³/mol. The molecule has 0 atom stereocenters. The first-order chi connectivity index (χ1) is 21.0. The van der Waals surface area contributed by atoms with E-state index in [0.717, 1.165) is 34.5 Å². The van der Waals surface area contributed by atoms with Gasteiger partial charge in [-0.15, -0.1) is 0 Å². The highest BCUT2D eigenvalue weighted by molar-refractivity contribution is 5.99. The zero-order valence-corrected chi connectivity index (χ0v) is 25.3. The zero-order valence-electron chi connectivity index (χ0n) is 25.3. The monoisotopic (exact) mass is 603 g/mol. The number of amides is 1. The molecule has 0 saturated carbocycles. The number of halogens is 3. The van der Waals surface area contributed by atoms with Crippen molar-refractivity contribution in [1.29, 1.82) is 0 Å². The van der Waals surface area contributed by atoms with Gasteiger partial charge in [0.1, 0.15) is 0 Å². The molecule has 0 bridgehead atoms. The van der Waals surface area contributed by atoms with Gasteiger partial charge >= 0.3 is 6.18 Å². The smallest absolute Gasteiger partial charge is 0.336 e. The quantitative estimate of drug-likeness (QED) is 0.269. The minimum Gasteiger partial charge on any atom is -0.336 e. The van der Waals surface area contributed by atoms with Gasteiger partial charge in [0.2, 0.25) is 0 Å². The third-order valence-corrected chi connectivity index (χ3v) is 7.81. The van der Waals surface area contributed by atoms with Crippen LogP contribution in [0.4, 0.5) is 13.2 Å². The first kappa shape index (κ1) is 31.0. The van der Waals surface area contributed by atoms with Crippen molar-refractivity contribution in [3.05, 3.63) is 105 Å². The number of hydrogen-bond donors (Lipinski definition) is 1. The second-order valence-electron chi connectivity index (χ2n) is 11.1. The molecule has 1 aliphatic rings. The van der Waals surface area contributed by atoms with E-state index in [-0.39, 0.29) is 17.0 Å². The molecule has 5 rings (SSSR count). The van der Waals surface area contributed by atoms with E-state index in [1.54, 1.807) is 27.8 Å². The van der Waals surface area contributed by atoms with E-state index in [1.165, 1.54) is 16.8 Å². The number of hydrogen-bond acceptors (Lipinski definition) is 4. The number of benzene rings is 2. The number of para-hydroxylation sites is 1. The lowest BCUT2D eigenvalue weighted by Crippen LogP contribution is -2.47. The van der Waals surface area contributed by atoms with Gasteiger partial charge < -0.3 is 10.2 Å². The van der Waals surface area contributed by atoms with Crippen molar-refractivity contribution >= 4 is 12.0 Å². The standard InChI is InChI=1S/C34H36F3N5O2/c1-5-23-8-7-9-24(6-2)31(23)42-30(20-22(3)4)28(32(43)40-18-15-38-16-19-40)21-27(33(42)44)29-14-17-41(39-29)26-12-10-25(11-13-26)34(35,36)37/h7-14,17,20-21,38H,5-6,15-16,18-19H2,1-4H3. The normalized spacial score (nSPS) is 13.7. The molecule has 1 aliphatic heterocycles. The molecule has 2 aromatic carbocycles. The Balaban J connectivity index is 1.77. The number of alkyl halides is 3. The van der Waals surface area contributed by atoms with Crippen LogP contribution in [0.3, 0.4) is 0 Å². The summed E-state index contributed by atoms with van der Waals surface area (Å²) < 4.78 is 42.5. The summed E-state index contributed by atoms with van der Waals surface area (Å²) >= 11 is 0. The van der Waals surface area contributed by atoms with Crippen molar-refractivity contribution < 1.29 is 18.0 Å².